The molecular formula is C17H15ClN4O3S. The fourth-order valence-electron chi connectivity index (χ4n) is 2.25. The summed E-state index contributed by atoms with van der Waals surface area (Å²) in [4.78, 5) is 11.1. The maximum atomic E-state index is 12.6. The van der Waals surface area contributed by atoms with Gasteiger partial charge in [0.2, 0.25) is 5.91 Å². The Kier molecular flexibility index (Phi) is 4.97. The topological polar surface area (TPSA) is 93.1 Å². The monoisotopic (exact) mass is 390 g/mol. The molecule has 0 atom stereocenters. The average Bonchev–Trinajstić information content (AvgIpc) is 3.09. The molecule has 0 radical (unpaired) electrons. The number of amides is 1. The Morgan fingerprint density at radius 1 is 1.15 bits per heavy atom. The van der Waals surface area contributed by atoms with E-state index in [0.29, 0.717) is 5.69 Å². The summed E-state index contributed by atoms with van der Waals surface area (Å²) in [6.45, 7) is 1.37. The summed E-state index contributed by atoms with van der Waals surface area (Å²) < 4.78 is 29.0. The lowest BCUT2D eigenvalue weighted by atomic mass is 10.3. The zero-order chi connectivity index (χ0) is 18.7. The van der Waals surface area contributed by atoms with E-state index < -0.39 is 10.0 Å². The van der Waals surface area contributed by atoms with E-state index >= 15 is 0 Å². The molecule has 1 heterocycles. The number of nitrogens with zero attached hydrogens (tertiary/aromatic N) is 2. The predicted molar refractivity (Wildman–Crippen MR) is 100 cm³/mol. The molecule has 0 aliphatic heterocycles. The van der Waals surface area contributed by atoms with Gasteiger partial charge in [-0.25, -0.2) is 13.1 Å². The molecule has 0 aliphatic rings. The summed E-state index contributed by atoms with van der Waals surface area (Å²) in [6, 6.07) is 13.7. The molecule has 134 valence electrons. The molecule has 1 amide bonds. The first-order valence-corrected chi connectivity index (χ1v) is 9.41. The summed E-state index contributed by atoms with van der Waals surface area (Å²) in [7, 11) is -3.86. The van der Waals surface area contributed by atoms with Gasteiger partial charge in [-0.15, -0.1) is 0 Å². The Labute approximate surface area is 155 Å². The van der Waals surface area contributed by atoms with Crippen molar-refractivity contribution in [2.45, 2.75) is 11.8 Å². The van der Waals surface area contributed by atoms with Crippen LogP contribution in [0.1, 0.15) is 6.92 Å². The van der Waals surface area contributed by atoms with Crippen LogP contribution in [0.4, 0.5) is 11.4 Å². The number of aromatic nitrogens is 2. The van der Waals surface area contributed by atoms with Gasteiger partial charge in [0, 0.05) is 12.6 Å². The van der Waals surface area contributed by atoms with Gasteiger partial charge in [0.25, 0.3) is 10.0 Å². The van der Waals surface area contributed by atoms with Crippen LogP contribution >= 0.6 is 11.6 Å². The van der Waals surface area contributed by atoms with Crippen LogP contribution in [0.3, 0.4) is 0 Å². The number of carbonyl (C=O) groups excluding carboxylic acids is 1. The predicted octanol–water partition coefficient (Wildman–Crippen LogP) is 3.28. The van der Waals surface area contributed by atoms with Crippen molar-refractivity contribution < 1.29 is 13.2 Å². The molecule has 1 aromatic heterocycles. The summed E-state index contributed by atoms with van der Waals surface area (Å²) in [5.41, 5.74) is 1.42. The van der Waals surface area contributed by atoms with E-state index in [-0.39, 0.29) is 21.5 Å². The first-order valence-electron chi connectivity index (χ1n) is 7.55. The molecular weight excluding hydrogens is 376 g/mol. The van der Waals surface area contributed by atoms with Crippen molar-refractivity contribution in [3.63, 3.8) is 0 Å². The Morgan fingerprint density at radius 3 is 2.54 bits per heavy atom. The molecule has 26 heavy (non-hydrogen) atoms. The number of nitrogens with one attached hydrogen (secondary N) is 2. The van der Waals surface area contributed by atoms with E-state index in [1.165, 1.54) is 36.1 Å². The van der Waals surface area contributed by atoms with Crippen LogP contribution in [-0.2, 0) is 14.8 Å². The highest BCUT2D eigenvalue weighted by molar-refractivity contribution is 7.92. The average molecular weight is 391 g/mol. The first kappa shape index (κ1) is 18.0. The summed E-state index contributed by atoms with van der Waals surface area (Å²) in [5, 5.41) is 6.82. The molecule has 0 unspecified atom stereocenters. The SMILES string of the molecule is CC(=O)Nc1ccc(NS(=O)(=O)c2cnn(-c3ccccc3)c2)c(Cl)c1. The fourth-order valence-corrected chi connectivity index (χ4v) is 3.54. The van der Waals surface area contributed by atoms with E-state index in [1.54, 1.807) is 6.07 Å². The molecule has 3 rings (SSSR count). The second-order valence-electron chi connectivity index (χ2n) is 5.44. The number of hydrogen-bond donors (Lipinski definition) is 2. The highest BCUT2D eigenvalue weighted by atomic mass is 35.5. The van der Waals surface area contributed by atoms with Crippen LogP contribution in [0, 0.1) is 0 Å². The van der Waals surface area contributed by atoms with Crippen LogP contribution in [0.2, 0.25) is 5.02 Å². The highest BCUT2D eigenvalue weighted by Crippen LogP contribution is 2.27. The second kappa shape index (κ2) is 7.19. The number of carbonyl (C=O) groups is 1. The summed E-state index contributed by atoms with van der Waals surface area (Å²) in [5.74, 6) is -0.247. The fraction of sp³-hybridized carbons (Fsp3) is 0.0588. The lowest BCUT2D eigenvalue weighted by molar-refractivity contribution is -0.114. The zero-order valence-electron chi connectivity index (χ0n) is 13.7. The van der Waals surface area contributed by atoms with Gasteiger partial charge in [-0.1, -0.05) is 29.8 Å². The number of rotatable bonds is 5. The molecule has 2 aromatic carbocycles. The number of benzene rings is 2. The molecule has 2 N–H and O–H groups in total. The van der Waals surface area contributed by atoms with Crippen molar-refractivity contribution >= 4 is 38.9 Å². The molecule has 9 heteroatoms. The minimum atomic E-state index is -3.86. The number of sulfonamides is 1. The molecule has 0 aliphatic carbocycles. The second-order valence-corrected chi connectivity index (χ2v) is 7.53. The van der Waals surface area contributed by atoms with E-state index in [2.05, 4.69) is 15.1 Å². The molecule has 0 spiro atoms. The molecule has 3 aromatic rings. The van der Waals surface area contributed by atoms with Crippen LogP contribution in [0.15, 0.2) is 65.8 Å². The smallest absolute Gasteiger partial charge is 0.265 e. The van der Waals surface area contributed by atoms with Gasteiger partial charge >= 0.3 is 0 Å². The van der Waals surface area contributed by atoms with Crippen LogP contribution in [0.5, 0.6) is 0 Å². The van der Waals surface area contributed by atoms with E-state index in [0.717, 1.165) is 5.69 Å². The minimum absolute atomic E-state index is 0.00311. The third kappa shape index (κ3) is 4.04. The first-order chi connectivity index (χ1) is 12.3. The number of para-hydroxylation sites is 1. The van der Waals surface area contributed by atoms with Crippen molar-refractivity contribution in [1.82, 2.24) is 9.78 Å². The molecule has 7 nitrogen and oxygen atoms in total. The molecule has 0 saturated heterocycles. The Bertz CT molecular complexity index is 1050. The number of halogens is 1. The zero-order valence-corrected chi connectivity index (χ0v) is 15.3. The van der Waals surface area contributed by atoms with Crippen molar-refractivity contribution in [2.24, 2.45) is 0 Å². The van der Waals surface area contributed by atoms with Crippen molar-refractivity contribution in [2.75, 3.05) is 10.0 Å². The van der Waals surface area contributed by atoms with Gasteiger partial charge in [0.05, 0.1) is 28.8 Å². The van der Waals surface area contributed by atoms with Gasteiger partial charge in [-0.2, -0.15) is 5.10 Å². The third-order valence-electron chi connectivity index (χ3n) is 3.42. The Morgan fingerprint density at radius 2 is 1.88 bits per heavy atom. The van der Waals surface area contributed by atoms with E-state index in [9.17, 15) is 13.2 Å². The highest BCUT2D eigenvalue weighted by Gasteiger charge is 2.18. The van der Waals surface area contributed by atoms with Crippen LogP contribution < -0.4 is 10.0 Å². The maximum absolute atomic E-state index is 12.6. The minimum Gasteiger partial charge on any atom is -0.326 e. The van der Waals surface area contributed by atoms with Gasteiger partial charge in [-0.05, 0) is 30.3 Å². The largest absolute Gasteiger partial charge is 0.326 e. The van der Waals surface area contributed by atoms with Gasteiger partial charge in [-0.3, -0.25) is 9.52 Å². The standard InChI is InChI=1S/C17H15ClN4O3S/c1-12(23)20-13-7-8-17(16(18)9-13)21-26(24,25)15-10-19-22(11-15)14-5-3-2-4-6-14/h2-11,21H,1H3,(H,20,23). The molecule has 0 fully saturated rings. The Hall–Kier alpha value is -2.84. The van der Waals surface area contributed by atoms with E-state index in [4.69, 9.17) is 11.6 Å². The van der Waals surface area contributed by atoms with Gasteiger partial charge in [0.1, 0.15) is 4.90 Å². The van der Waals surface area contributed by atoms with Gasteiger partial charge < -0.3 is 5.32 Å². The number of hydrogen-bond acceptors (Lipinski definition) is 4. The van der Waals surface area contributed by atoms with Crippen LogP contribution in [0.25, 0.3) is 5.69 Å². The maximum Gasteiger partial charge on any atom is 0.265 e. The molecule has 0 bridgehead atoms. The normalized spacial score (nSPS) is 11.2. The molecule has 0 saturated carbocycles. The number of anilines is 2. The van der Waals surface area contributed by atoms with Crippen molar-refractivity contribution in [1.29, 1.82) is 0 Å². The van der Waals surface area contributed by atoms with Crippen molar-refractivity contribution in [3.05, 3.63) is 65.9 Å². The van der Waals surface area contributed by atoms with Crippen molar-refractivity contribution in [3.8, 4) is 5.69 Å². The lowest BCUT2D eigenvalue weighted by Gasteiger charge is -2.10. The Balaban J connectivity index is 1.83. The third-order valence-corrected chi connectivity index (χ3v) is 5.06. The summed E-state index contributed by atoms with van der Waals surface area (Å²) >= 11 is 6.11. The quantitative estimate of drug-likeness (QED) is 0.699. The lowest BCUT2D eigenvalue weighted by Crippen LogP contribution is -2.13. The van der Waals surface area contributed by atoms with Gasteiger partial charge in [0.15, 0.2) is 0 Å². The summed E-state index contributed by atoms with van der Waals surface area (Å²) in [6.07, 6.45) is 2.67. The van der Waals surface area contributed by atoms with E-state index in [1.807, 2.05) is 30.3 Å². The van der Waals surface area contributed by atoms with Crippen LogP contribution in [-0.4, -0.2) is 24.1 Å².